The van der Waals surface area contributed by atoms with E-state index in [1.165, 1.54) is 39.8 Å². The molecule has 154 valence electrons. The standard InChI is InChI=1S/C21H13F2N5OS2/c22-13-6-7-16(14(23)10-13)28-19(12-4-2-1-3-5-12)26-27-21(28)31-11-17-24-15-8-9-30-18(15)20(29)25-17/h1-10H,11H2,(H,24,25,29). The molecule has 0 saturated heterocycles. The molecular formula is C21H13F2N5OS2. The summed E-state index contributed by atoms with van der Waals surface area (Å²) in [6.07, 6.45) is 0. The van der Waals surface area contributed by atoms with Crippen LogP contribution in [0.4, 0.5) is 8.78 Å². The summed E-state index contributed by atoms with van der Waals surface area (Å²) in [6, 6.07) is 14.4. The Balaban J connectivity index is 1.56. The molecule has 2 aromatic carbocycles. The Hall–Kier alpha value is -3.37. The van der Waals surface area contributed by atoms with Gasteiger partial charge in [-0.3, -0.25) is 9.36 Å². The molecule has 1 N–H and O–H groups in total. The summed E-state index contributed by atoms with van der Waals surface area (Å²) < 4.78 is 30.3. The smallest absolute Gasteiger partial charge is 0.268 e. The average molecular weight is 453 g/mol. The highest BCUT2D eigenvalue weighted by molar-refractivity contribution is 7.98. The third kappa shape index (κ3) is 3.75. The fourth-order valence-electron chi connectivity index (χ4n) is 3.14. The Bertz CT molecular complexity index is 1450. The first-order chi connectivity index (χ1) is 15.1. The molecule has 0 amide bonds. The van der Waals surface area contributed by atoms with Crippen LogP contribution in [0.3, 0.4) is 0 Å². The molecule has 0 radical (unpaired) electrons. The van der Waals surface area contributed by atoms with Gasteiger partial charge < -0.3 is 4.98 Å². The first-order valence-electron chi connectivity index (χ1n) is 9.15. The van der Waals surface area contributed by atoms with Crippen molar-refractivity contribution >= 4 is 33.3 Å². The van der Waals surface area contributed by atoms with Crippen LogP contribution >= 0.6 is 23.1 Å². The predicted octanol–water partition coefficient (Wildman–Crippen LogP) is 4.80. The number of aromatic amines is 1. The topological polar surface area (TPSA) is 76.5 Å². The highest BCUT2D eigenvalue weighted by Crippen LogP contribution is 2.30. The summed E-state index contributed by atoms with van der Waals surface area (Å²) in [4.78, 5) is 19.4. The molecule has 5 aromatic rings. The number of nitrogens with zero attached hydrogens (tertiary/aromatic N) is 4. The van der Waals surface area contributed by atoms with Crippen LogP contribution in [-0.4, -0.2) is 24.7 Å². The van der Waals surface area contributed by atoms with E-state index in [4.69, 9.17) is 0 Å². The largest absolute Gasteiger partial charge is 0.309 e. The summed E-state index contributed by atoms with van der Waals surface area (Å²) in [7, 11) is 0. The Morgan fingerprint density at radius 1 is 1.06 bits per heavy atom. The molecule has 3 heterocycles. The summed E-state index contributed by atoms with van der Waals surface area (Å²) in [5.41, 5.74) is 1.28. The van der Waals surface area contributed by atoms with Gasteiger partial charge in [-0.2, -0.15) is 0 Å². The minimum absolute atomic E-state index is 0.127. The van der Waals surface area contributed by atoms with Gasteiger partial charge in [-0.05, 0) is 23.6 Å². The Morgan fingerprint density at radius 3 is 2.71 bits per heavy atom. The molecule has 0 bridgehead atoms. The van der Waals surface area contributed by atoms with E-state index in [0.29, 0.717) is 27.0 Å². The van der Waals surface area contributed by atoms with Crippen molar-refractivity contribution in [3.63, 3.8) is 0 Å². The minimum atomic E-state index is -0.731. The molecule has 3 aromatic heterocycles. The molecule has 0 aliphatic rings. The lowest BCUT2D eigenvalue weighted by molar-refractivity contribution is 0.575. The van der Waals surface area contributed by atoms with Crippen molar-refractivity contribution in [2.24, 2.45) is 0 Å². The van der Waals surface area contributed by atoms with Gasteiger partial charge in [0.15, 0.2) is 11.0 Å². The van der Waals surface area contributed by atoms with E-state index in [-0.39, 0.29) is 17.0 Å². The van der Waals surface area contributed by atoms with Gasteiger partial charge in [0.25, 0.3) is 5.56 Å². The van der Waals surface area contributed by atoms with Crippen molar-refractivity contribution in [1.29, 1.82) is 0 Å². The Kier molecular flexibility index (Phi) is 5.08. The van der Waals surface area contributed by atoms with E-state index in [1.54, 1.807) is 6.07 Å². The molecule has 0 spiro atoms. The van der Waals surface area contributed by atoms with Gasteiger partial charge in [0.05, 0.1) is 17.0 Å². The average Bonchev–Trinajstić information content (AvgIpc) is 3.40. The normalized spacial score (nSPS) is 11.3. The Labute approximate surface area is 182 Å². The van der Waals surface area contributed by atoms with Crippen LogP contribution in [0.5, 0.6) is 0 Å². The van der Waals surface area contributed by atoms with Gasteiger partial charge in [-0.15, -0.1) is 21.5 Å². The lowest BCUT2D eigenvalue weighted by Crippen LogP contribution is -2.10. The monoisotopic (exact) mass is 453 g/mol. The first-order valence-corrected chi connectivity index (χ1v) is 11.0. The Morgan fingerprint density at radius 2 is 1.90 bits per heavy atom. The van der Waals surface area contributed by atoms with Crippen LogP contribution < -0.4 is 5.56 Å². The number of benzene rings is 2. The first kappa shape index (κ1) is 19.6. The number of hydrogen-bond acceptors (Lipinski definition) is 6. The number of aromatic nitrogens is 5. The van der Waals surface area contributed by atoms with Crippen LogP contribution in [0, 0.1) is 11.6 Å². The lowest BCUT2D eigenvalue weighted by atomic mass is 10.2. The number of rotatable bonds is 5. The third-order valence-corrected chi connectivity index (χ3v) is 6.36. The van der Waals surface area contributed by atoms with Crippen LogP contribution in [-0.2, 0) is 5.75 Å². The highest BCUT2D eigenvalue weighted by atomic mass is 32.2. The molecule has 6 nitrogen and oxygen atoms in total. The highest BCUT2D eigenvalue weighted by Gasteiger charge is 2.19. The van der Waals surface area contributed by atoms with Crippen molar-refractivity contribution in [2.75, 3.05) is 0 Å². The SMILES string of the molecule is O=c1[nH]c(CSc2nnc(-c3ccccc3)n2-c2ccc(F)cc2F)nc2ccsc12. The van der Waals surface area contributed by atoms with Crippen LogP contribution in [0.25, 0.3) is 27.3 Å². The molecule has 0 aliphatic heterocycles. The second-order valence-corrected chi connectivity index (χ2v) is 8.40. The zero-order chi connectivity index (χ0) is 21.4. The minimum Gasteiger partial charge on any atom is -0.309 e. The van der Waals surface area contributed by atoms with Crippen LogP contribution in [0.15, 0.2) is 69.9 Å². The second kappa shape index (κ2) is 8.05. The van der Waals surface area contributed by atoms with Crippen molar-refractivity contribution in [1.82, 2.24) is 24.7 Å². The lowest BCUT2D eigenvalue weighted by Gasteiger charge is -2.11. The molecule has 0 unspecified atom stereocenters. The summed E-state index contributed by atoms with van der Waals surface area (Å²) >= 11 is 2.57. The van der Waals surface area contributed by atoms with Crippen molar-refractivity contribution in [3.05, 3.63) is 87.8 Å². The summed E-state index contributed by atoms with van der Waals surface area (Å²) in [5.74, 6) is -0.225. The molecule has 0 saturated carbocycles. The zero-order valence-corrected chi connectivity index (χ0v) is 17.4. The number of fused-ring (bicyclic) bond motifs is 1. The number of halogens is 2. The van der Waals surface area contributed by atoms with Gasteiger partial charge in [0, 0.05) is 11.6 Å². The fourth-order valence-corrected chi connectivity index (χ4v) is 4.68. The van der Waals surface area contributed by atoms with E-state index in [9.17, 15) is 13.6 Å². The van der Waals surface area contributed by atoms with Crippen LogP contribution in [0.1, 0.15) is 5.82 Å². The molecule has 31 heavy (non-hydrogen) atoms. The second-order valence-electron chi connectivity index (χ2n) is 6.54. The van der Waals surface area contributed by atoms with E-state index >= 15 is 0 Å². The summed E-state index contributed by atoms with van der Waals surface area (Å²) in [6.45, 7) is 0. The fraction of sp³-hybridized carbons (Fsp3) is 0.0476. The number of thiophene rings is 1. The molecular weight excluding hydrogens is 440 g/mol. The van der Waals surface area contributed by atoms with E-state index in [0.717, 1.165) is 11.6 Å². The third-order valence-electron chi connectivity index (χ3n) is 4.52. The molecule has 5 rings (SSSR count). The van der Waals surface area contributed by atoms with E-state index in [2.05, 4.69) is 20.2 Å². The van der Waals surface area contributed by atoms with Gasteiger partial charge in [0.2, 0.25) is 0 Å². The molecule has 0 fully saturated rings. The molecule has 10 heteroatoms. The maximum absolute atomic E-state index is 14.7. The van der Waals surface area contributed by atoms with Gasteiger partial charge >= 0.3 is 0 Å². The predicted molar refractivity (Wildman–Crippen MR) is 117 cm³/mol. The number of nitrogens with one attached hydrogen (secondary N) is 1. The van der Waals surface area contributed by atoms with E-state index in [1.807, 2.05) is 35.7 Å². The van der Waals surface area contributed by atoms with Crippen LogP contribution in [0.2, 0.25) is 0 Å². The van der Waals surface area contributed by atoms with E-state index < -0.39 is 11.6 Å². The van der Waals surface area contributed by atoms with Crippen molar-refractivity contribution in [2.45, 2.75) is 10.9 Å². The molecule has 0 aliphatic carbocycles. The van der Waals surface area contributed by atoms with Gasteiger partial charge in [-0.25, -0.2) is 13.8 Å². The maximum atomic E-state index is 14.7. The number of thioether (sulfide) groups is 1. The zero-order valence-electron chi connectivity index (χ0n) is 15.8. The molecule has 0 atom stereocenters. The quantitative estimate of drug-likeness (QED) is 0.387. The number of hydrogen-bond donors (Lipinski definition) is 1. The summed E-state index contributed by atoms with van der Waals surface area (Å²) in [5, 5.41) is 10.7. The number of H-pyrrole nitrogens is 1. The maximum Gasteiger partial charge on any atom is 0.268 e. The van der Waals surface area contributed by atoms with Gasteiger partial charge in [-0.1, -0.05) is 42.1 Å². The van der Waals surface area contributed by atoms with Gasteiger partial charge in [0.1, 0.15) is 22.2 Å². The van der Waals surface area contributed by atoms with Crippen molar-refractivity contribution in [3.8, 4) is 17.1 Å². The van der Waals surface area contributed by atoms with Crippen molar-refractivity contribution < 1.29 is 8.78 Å².